The summed E-state index contributed by atoms with van der Waals surface area (Å²) >= 11 is 5.88. The summed E-state index contributed by atoms with van der Waals surface area (Å²) in [5, 5.41) is 0.249. The highest BCUT2D eigenvalue weighted by molar-refractivity contribution is 6.33. The van der Waals surface area contributed by atoms with Crippen LogP contribution in [-0.4, -0.2) is 0 Å². The molecule has 0 aliphatic rings. The Balaban J connectivity index is 2.67. The van der Waals surface area contributed by atoms with Crippen molar-refractivity contribution in [2.24, 2.45) is 0 Å². The molecule has 2 aromatic rings. The first-order valence-electron chi connectivity index (χ1n) is 5.30. The highest BCUT2D eigenvalue weighted by atomic mass is 35.5. The third-order valence-corrected chi connectivity index (χ3v) is 2.94. The monoisotopic (exact) mass is 249 g/mol. The van der Waals surface area contributed by atoms with Gasteiger partial charge in [0, 0.05) is 5.56 Å². The zero-order chi connectivity index (χ0) is 12.6. The van der Waals surface area contributed by atoms with Gasteiger partial charge in [-0.05, 0) is 31.5 Å². The zero-order valence-electron chi connectivity index (χ0n) is 9.72. The molecule has 0 heterocycles. The fraction of sp³-hybridized carbons (Fsp3) is 0.143. The molecule has 0 unspecified atom stereocenters. The van der Waals surface area contributed by atoms with Gasteiger partial charge in [0.25, 0.3) is 0 Å². The van der Waals surface area contributed by atoms with Crippen LogP contribution in [0, 0.1) is 19.7 Å². The Kier molecular flexibility index (Phi) is 3.07. The first-order valence-corrected chi connectivity index (χ1v) is 5.68. The number of anilines is 1. The molecule has 2 aromatic carbocycles. The SMILES string of the molecule is Cc1cc(C)cc(-c2cc(F)cc(Cl)c2N)c1. The maximum atomic E-state index is 13.4. The van der Waals surface area contributed by atoms with Crippen LogP contribution >= 0.6 is 11.6 Å². The highest BCUT2D eigenvalue weighted by Gasteiger charge is 2.09. The number of rotatable bonds is 1. The van der Waals surface area contributed by atoms with Gasteiger partial charge in [-0.1, -0.05) is 40.9 Å². The maximum absolute atomic E-state index is 13.4. The third-order valence-electron chi connectivity index (χ3n) is 2.63. The van der Waals surface area contributed by atoms with Gasteiger partial charge >= 0.3 is 0 Å². The van der Waals surface area contributed by atoms with Crippen LogP contribution in [0.15, 0.2) is 30.3 Å². The molecule has 0 aromatic heterocycles. The van der Waals surface area contributed by atoms with E-state index in [2.05, 4.69) is 6.07 Å². The van der Waals surface area contributed by atoms with E-state index in [-0.39, 0.29) is 10.8 Å². The minimum absolute atomic E-state index is 0.249. The van der Waals surface area contributed by atoms with Gasteiger partial charge in [-0.3, -0.25) is 0 Å². The highest BCUT2D eigenvalue weighted by Crippen LogP contribution is 2.33. The molecule has 2 N–H and O–H groups in total. The van der Waals surface area contributed by atoms with E-state index in [9.17, 15) is 4.39 Å². The summed E-state index contributed by atoms with van der Waals surface area (Å²) in [6.45, 7) is 3.99. The minimum Gasteiger partial charge on any atom is -0.397 e. The summed E-state index contributed by atoms with van der Waals surface area (Å²) < 4.78 is 13.4. The molecule has 0 aliphatic carbocycles. The predicted octanol–water partition coefficient (Wildman–Crippen LogP) is 4.35. The second kappa shape index (κ2) is 4.38. The van der Waals surface area contributed by atoms with Gasteiger partial charge < -0.3 is 5.73 Å². The van der Waals surface area contributed by atoms with Crippen LogP contribution in [-0.2, 0) is 0 Å². The molecule has 0 aliphatic heterocycles. The Morgan fingerprint density at radius 2 is 1.59 bits per heavy atom. The van der Waals surface area contributed by atoms with Crippen LogP contribution in [0.25, 0.3) is 11.1 Å². The van der Waals surface area contributed by atoms with Gasteiger partial charge in [-0.25, -0.2) is 4.39 Å². The van der Waals surface area contributed by atoms with Crippen LogP contribution in [0.5, 0.6) is 0 Å². The Labute approximate surface area is 105 Å². The lowest BCUT2D eigenvalue weighted by molar-refractivity contribution is 0.628. The van der Waals surface area contributed by atoms with Crippen LogP contribution in [0.2, 0.25) is 5.02 Å². The first-order chi connectivity index (χ1) is 7.97. The van der Waals surface area contributed by atoms with E-state index in [0.717, 1.165) is 16.7 Å². The second-order valence-electron chi connectivity index (χ2n) is 4.23. The van der Waals surface area contributed by atoms with E-state index in [1.54, 1.807) is 0 Å². The largest absolute Gasteiger partial charge is 0.397 e. The Hall–Kier alpha value is -1.54. The van der Waals surface area contributed by atoms with Gasteiger partial charge in [-0.2, -0.15) is 0 Å². The molecule has 0 saturated carbocycles. The summed E-state index contributed by atoms with van der Waals surface area (Å²) in [5.41, 5.74) is 10.1. The molecule has 1 nitrogen and oxygen atoms in total. The van der Waals surface area contributed by atoms with Crippen molar-refractivity contribution < 1.29 is 4.39 Å². The van der Waals surface area contributed by atoms with E-state index < -0.39 is 0 Å². The van der Waals surface area contributed by atoms with Crippen molar-refractivity contribution in [3.05, 3.63) is 52.3 Å². The minimum atomic E-state index is -0.377. The topological polar surface area (TPSA) is 26.0 Å². The van der Waals surface area contributed by atoms with Gasteiger partial charge in [0.15, 0.2) is 0 Å². The van der Waals surface area contributed by atoms with Crippen LogP contribution in [0.3, 0.4) is 0 Å². The number of halogens is 2. The molecular formula is C14H13ClFN. The number of aryl methyl sites for hydroxylation is 2. The molecule has 0 saturated heterocycles. The van der Waals surface area contributed by atoms with Crippen molar-refractivity contribution in [2.45, 2.75) is 13.8 Å². The fourth-order valence-corrected chi connectivity index (χ4v) is 2.16. The van der Waals surface area contributed by atoms with E-state index >= 15 is 0 Å². The Bertz CT molecular complexity index is 558. The number of benzene rings is 2. The number of hydrogen-bond donors (Lipinski definition) is 1. The van der Waals surface area contributed by atoms with Crippen LogP contribution in [0.1, 0.15) is 11.1 Å². The normalized spacial score (nSPS) is 10.6. The lowest BCUT2D eigenvalue weighted by atomic mass is 9.99. The maximum Gasteiger partial charge on any atom is 0.125 e. The smallest absolute Gasteiger partial charge is 0.125 e. The van der Waals surface area contributed by atoms with Crippen molar-refractivity contribution >= 4 is 17.3 Å². The van der Waals surface area contributed by atoms with E-state index in [0.29, 0.717) is 11.3 Å². The summed E-state index contributed by atoms with van der Waals surface area (Å²) in [5.74, 6) is -0.377. The molecule has 88 valence electrons. The quantitative estimate of drug-likeness (QED) is 0.748. The standard InChI is InChI=1S/C14H13ClFN/c1-8-3-9(2)5-10(4-8)12-6-11(16)7-13(15)14(12)17/h3-7H,17H2,1-2H3. The molecule has 0 radical (unpaired) electrons. The molecule has 17 heavy (non-hydrogen) atoms. The Morgan fingerprint density at radius 3 is 2.18 bits per heavy atom. The number of hydrogen-bond acceptors (Lipinski definition) is 1. The van der Waals surface area contributed by atoms with Gasteiger partial charge in [0.05, 0.1) is 10.7 Å². The van der Waals surface area contributed by atoms with E-state index in [1.165, 1.54) is 12.1 Å². The average molecular weight is 250 g/mol. The van der Waals surface area contributed by atoms with Crippen molar-refractivity contribution in [1.82, 2.24) is 0 Å². The summed E-state index contributed by atoms with van der Waals surface area (Å²) in [6.07, 6.45) is 0. The molecule has 2 rings (SSSR count). The summed E-state index contributed by atoms with van der Waals surface area (Å²) in [4.78, 5) is 0. The molecule has 0 amide bonds. The van der Waals surface area contributed by atoms with Gasteiger partial charge in [0.1, 0.15) is 5.82 Å². The van der Waals surface area contributed by atoms with Crippen molar-refractivity contribution in [3.8, 4) is 11.1 Å². The van der Waals surface area contributed by atoms with Gasteiger partial charge in [0.2, 0.25) is 0 Å². The van der Waals surface area contributed by atoms with Crippen molar-refractivity contribution in [2.75, 3.05) is 5.73 Å². The van der Waals surface area contributed by atoms with Gasteiger partial charge in [-0.15, -0.1) is 0 Å². The first kappa shape index (κ1) is 11.9. The molecule has 3 heteroatoms. The third kappa shape index (κ3) is 2.42. The van der Waals surface area contributed by atoms with Crippen molar-refractivity contribution in [3.63, 3.8) is 0 Å². The summed E-state index contributed by atoms with van der Waals surface area (Å²) in [6, 6.07) is 8.63. The van der Waals surface area contributed by atoms with Crippen LogP contribution < -0.4 is 5.73 Å². The van der Waals surface area contributed by atoms with Crippen molar-refractivity contribution in [1.29, 1.82) is 0 Å². The second-order valence-corrected chi connectivity index (χ2v) is 4.63. The molecule has 0 fully saturated rings. The lowest BCUT2D eigenvalue weighted by Gasteiger charge is -2.10. The molecule has 0 bridgehead atoms. The number of nitrogen functional groups attached to an aromatic ring is 1. The molecule has 0 atom stereocenters. The van der Waals surface area contributed by atoms with E-state index in [4.69, 9.17) is 17.3 Å². The zero-order valence-corrected chi connectivity index (χ0v) is 10.5. The number of nitrogens with two attached hydrogens (primary N) is 1. The Morgan fingerprint density at radius 1 is 1.00 bits per heavy atom. The van der Waals surface area contributed by atoms with E-state index in [1.807, 2.05) is 26.0 Å². The predicted molar refractivity (Wildman–Crippen MR) is 70.7 cm³/mol. The molecule has 0 spiro atoms. The summed E-state index contributed by atoms with van der Waals surface area (Å²) in [7, 11) is 0. The average Bonchev–Trinajstić information content (AvgIpc) is 2.22. The lowest BCUT2D eigenvalue weighted by Crippen LogP contribution is -1.94. The molecular weight excluding hydrogens is 237 g/mol. The fourth-order valence-electron chi connectivity index (χ4n) is 1.95. The van der Waals surface area contributed by atoms with Crippen LogP contribution in [0.4, 0.5) is 10.1 Å².